The summed E-state index contributed by atoms with van der Waals surface area (Å²) in [5.74, 6) is 0.414. The minimum absolute atomic E-state index is 0.0135. The Balaban J connectivity index is 1.28. The zero-order valence-corrected chi connectivity index (χ0v) is 31.7. The third kappa shape index (κ3) is 11.7. The average Bonchev–Trinajstić information content (AvgIpc) is 3.83. The van der Waals surface area contributed by atoms with E-state index in [4.69, 9.17) is 9.72 Å². The first-order chi connectivity index (χ1) is 24.6. The number of likely N-dealkylation sites (N-methyl/N-ethyl adjacent to an activating group) is 1. The quantitative estimate of drug-likeness (QED) is 0.132. The van der Waals surface area contributed by atoms with Crippen molar-refractivity contribution in [1.82, 2.24) is 30.0 Å². The van der Waals surface area contributed by atoms with Crippen LogP contribution in [0.15, 0.2) is 77.8 Å². The van der Waals surface area contributed by atoms with E-state index in [1.165, 1.54) is 11.3 Å². The molecule has 3 heterocycles. The van der Waals surface area contributed by atoms with E-state index >= 15 is 0 Å². The van der Waals surface area contributed by atoms with Crippen LogP contribution in [0.5, 0.6) is 0 Å². The number of Topliss-reactive ketones (excluding diaryl/α,β-unsaturated/α-hetero) is 1. The van der Waals surface area contributed by atoms with Crippen molar-refractivity contribution in [3.63, 3.8) is 0 Å². The fourth-order valence-corrected chi connectivity index (χ4v) is 7.81. The summed E-state index contributed by atoms with van der Waals surface area (Å²) >= 11 is 3.06. The second kappa shape index (κ2) is 18.9. The molecule has 12 heteroatoms. The molecule has 4 aromatic rings. The number of nitrogens with one attached hydrogen (secondary N) is 1. The van der Waals surface area contributed by atoms with Crippen LogP contribution in [0.3, 0.4) is 0 Å². The number of carbonyl (C=O) groups is 3. The maximum absolute atomic E-state index is 14.3. The van der Waals surface area contributed by atoms with Crippen LogP contribution in [-0.4, -0.2) is 88.4 Å². The van der Waals surface area contributed by atoms with Gasteiger partial charge in [-0.3, -0.25) is 9.78 Å². The van der Waals surface area contributed by atoms with Crippen LogP contribution in [0.25, 0.3) is 0 Å². The number of hydrogen-bond donors (Lipinski definition) is 1. The summed E-state index contributed by atoms with van der Waals surface area (Å²) < 4.78 is 5.53. The summed E-state index contributed by atoms with van der Waals surface area (Å²) in [7, 11) is 3.79. The first-order valence-electron chi connectivity index (χ1n) is 17.7. The number of alkyl carbamates (subject to hydrolysis) is 1. The summed E-state index contributed by atoms with van der Waals surface area (Å²) in [5.41, 5.74) is 4.85. The molecule has 0 radical (unpaired) electrons. The summed E-state index contributed by atoms with van der Waals surface area (Å²) in [4.78, 5) is 56.3. The zero-order valence-electron chi connectivity index (χ0n) is 30.1. The first-order valence-corrected chi connectivity index (χ1v) is 19.5. The number of carbonyl (C=O) groups excluding carboxylic acids is 3. The molecule has 3 atom stereocenters. The Labute approximate surface area is 309 Å². The number of piperazine rings is 1. The first kappa shape index (κ1) is 38.1. The number of ketones is 1. The van der Waals surface area contributed by atoms with Gasteiger partial charge in [0.1, 0.15) is 12.6 Å². The second-order valence-corrected chi connectivity index (χ2v) is 15.7. The Morgan fingerprint density at radius 1 is 0.980 bits per heavy atom. The standard InChI is InChI=1S/C39H50N6O4S2/c1-28(2)37-41-33(26-50-37)23-44(4)39(48)45-18-17-43(3)24-35(45)36(46)21-31(19-29-11-7-5-8-12-29)15-16-32(20-30-13-9-6-10-14-30)42-38(47)49-25-34-22-40-27-51-34/h5-14,22,26-28,31-32,35H,15-21,23-25H2,1-4H3,(H,42,47)/t31-,32-,35-/m0/s1. The number of rotatable bonds is 16. The molecule has 0 aliphatic carbocycles. The molecule has 1 aliphatic rings. The molecule has 272 valence electrons. The highest BCUT2D eigenvalue weighted by Gasteiger charge is 2.36. The number of nitrogens with zero attached hydrogens (tertiary/aromatic N) is 5. The molecule has 3 amide bonds. The number of urea groups is 1. The van der Waals surface area contributed by atoms with Crippen LogP contribution in [0.4, 0.5) is 9.59 Å². The van der Waals surface area contributed by atoms with Gasteiger partial charge >= 0.3 is 12.1 Å². The lowest BCUT2D eigenvalue weighted by Crippen LogP contribution is -2.59. The van der Waals surface area contributed by atoms with Gasteiger partial charge in [0, 0.05) is 56.6 Å². The van der Waals surface area contributed by atoms with Gasteiger partial charge in [-0.2, -0.15) is 0 Å². The van der Waals surface area contributed by atoms with Crippen molar-refractivity contribution in [2.45, 2.75) is 77.1 Å². The van der Waals surface area contributed by atoms with Crippen LogP contribution < -0.4 is 5.32 Å². The molecule has 0 unspecified atom stereocenters. The van der Waals surface area contributed by atoms with Gasteiger partial charge < -0.3 is 24.8 Å². The molecule has 51 heavy (non-hydrogen) atoms. The van der Waals surface area contributed by atoms with Crippen molar-refractivity contribution in [2.75, 3.05) is 33.7 Å². The molecule has 5 rings (SSSR count). The van der Waals surface area contributed by atoms with Crippen molar-refractivity contribution < 1.29 is 19.1 Å². The number of ether oxygens (including phenoxy) is 1. The molecule has 0 saturated carbocycles. The number of thiazole rings is 2. The van der Waals surface area contributed by atoms with Crippen LogP contribution in [0.2, 0.25) is 0 Å². The van der Waals surface area contributed by atoms with E-state index in [0.717, 1.165) is 33.1 Å². The van der Waals surface area contributed by atoms with E-state index in [1.807, 2.05) is 48.8 Å². The summed E-state index contributed by atoms with van der Waals surface area (Å²) in [5, 5.41) is 6.17. The van der Waals surface area contributed by atoms with Crippen molar-refractivity contribution in [2.24, 2.45) is 5.92 Å². The van der Waals surface area contributed by atoms with Gasteiger partial charge in [0.2, 0.25) is 0 Å². The highest BCUT2D eigenvalue weighted by Crippen LogP contribution is 2.25. The van der Waals surface area contributed by atoms with E-state index in [0.29, 0.717) is 57.8 Å². The molecule has 1 saturated heterocycles. The fraction of sp³-hybridized carbons (Fsp3) is 0.462. The van der Waals surface area contributed by atoms with E-state index in [-0.39, 0.29) is 30.4 Å². The Kier molecular flexibility index (Phi) is 14.1. The second-order valence-electron chi connectivity index (χ2n) is 13.8. The number of benzene rings is 2. The third-order valence-corrected chi connectivity index (χ3v) is 11.2. The molecule has 2 aromatic heterocycles. The van der Waals surface area contributed by atoms with Gasteiger partial charge in [-0.15, -0.1) is 22.7 Å². The highest BCUT2D eigenvalue weighted by molar-refractivity contribution is 7.09. The van der Waals surface area contributed by atoms with E-state index < -0.39 is 12.1 Å². The Bertz CT molecular complexity index is 1670. The van der Waals surface area contributed by atoms with Crippen LogP contribution in [-0.2, 0) is 35.5 Å². The lowest BCUT2D eigenvalue weighted by Gasteiger charge is -2.41. The summed E-state index contributed by atoms with van der Waals surface area (Å²) in [6, 6.07) is 19.4. The van der Waals surface area contributed by atoms with E-state index in [1.54, 1.807) is 39.9 Å². The Morgan fingerprint density at radius 2 is 1.69 bits per heavy atom. The normalized spacial score (nSPS) is 16.1. The molecule has 10 nitrogen and oxygen atoms in total. The lowest BCUT2D eigenvalue weighted by molar-refractivity contribution is -0.126. The van der Waals surface area contributed by atoms with Crippen molar-refractivity contribution in [3.8, 4) is 0 Å². The molecule has 1 N–H and O–H groups in total. The topological polar surface area (TPSA) is 108 Å². The van der Waals surface area contributed by atoms with Crippen LogP contribution in [0.1, 0.15) is 65.7 Å². The molecular weight excluding hydrogens is 681 g/mol. The van der Waals surface area contributed by atoms with E-state index in [2.05, 4.69) is 53.3 Å². The lowest BCUT2D eigenvalue weighted by atomic mass is 9.86. The van der Waals surface area contributed by atoms with Gasteiger partial charge in [-0.05, 0) is 49.8 Å². The monoisotopic (exact) mass is 730 g/mol. The number of hydrogen-bond acceptors (Lipinski definition) is 9. The van der Waals surface area contributed by atoms with Crippen molar-refractivity contribution >= 4 is 40.6 Å². The van der Waals surface area contributed by atoms with E-state index in [9.17, 15) is 14.4 Å². The largest absolute Gasteiger partial charge is 0.444 e. The predicted octanol–water partition coefficient (Wildman–Crippen LogP) is 7.03. The fourth-order valence-electron chi connectivity index (χ4n) is 6.48. The number of aromatic nitrogens is 2. The highest BCUT2D eigenvalue weighted by atomic mass is 32.1. The Hall–Kier alpha value is -4.13. The zero-order chi connectivity index (χ0) is 36.2. The predicted molar refractivity (Wildman–Crippen MR) is 203 cm³/mol. The summed E-state index contributed by atoms with van der Waals surface area (Å²) in [6.07, 6.45) is 4.30. The van der Waals surface area contributed by atoms with Crippen molar-refractivity contribution in [1.29, 1.82) is 0 Å². The van der Waals surface area contributed by atoms with Crippen LogP contribution >= 0.6 is 22.7 Å². The average molecular weight is 731 g/mol. The van der Waals surface area contributed by atoms with Gasteiger partial charge in [0.15, 0.2) is 5.78 Å². The van der Waals surface area contributed by atoms with Crippen molar-refractivity contribution in [3.05, 3.63) is 104 Å². The molecule has 0 spiro atoms. The maximum atomic E-state index is 14.3. The van der Waals surface area contributed by atoms with Crippen LogP contribution in [0, 0.1) is 5.92 Å². The third-order valence-electron chi connectivity index (χ3n) is 9.25. The maximum Gasteiger partial charge on any atom is 0.407 e. The smallest absolute Gasteiger partial charge is 0.407 e. The number of amides is 3. The van der Waals surface area contributed by atoms with Gasteiger partial charge in [0.25, 0.3) is 0 Å². The molecule has 1 aliphatic heterocycles. The molecular formula is C39H50N6O4S2. The molecule has 2 aromatic carbocycles. The summed E-state index contributed by atoms with van der Waals surface area (Å²) in [6.45, 7) is 6.48. The molecule has 0 bridgehead atoms. The SMILES string of the molecule is CC(C)c1nc(CN(C)C(=O)N2CCN(C)C[C@H]2C(=O)C[C@@H](CC[C@@H](Cc2ccccc2)NC(=O)OCc2cncs2)Cc2ccccc2)cs1. The Morgan fingerprint density at radius 3 is 2.33 bits per heavy atom. The minimum atomic E-state index is -0.543. The van der Waals surface area contributed by atoms with Gasteiger partial charge in [-0.25, -0.2) is 14.6 Å². The molecule has 1 fully saturated rings. The minimum Gasteiger partial charge on any atom is -0.444 e. The van der Waals surface area contributed by atoms with Gasteiger partial charge in [0.05, 0.1) is 27.6 Å². The van der Waals surface area contributed by atoms with Gasteiger partial charge in [-0.1, -0.05) is 74.5 Å².